The predicted octanol–water partition coefficient (Wildman–Crippen LogP) is 3.35. The molecule has 3 aromatic rings. The van der Waals surface area contributed by atoms with Crippen molar-refractivity contribution in [2.75, 3.05) is 5.32 Å². The number of nitrogens with one attached hydrogen (secondary N) is 1. The van der Waals surface area contributed by atoms with E-state index in [4.69, 9.17) is 4.42 Å². The Morgan fingerprint density at radius 1 is 1.35 bits per heavy atom. The SMILES string of the molecule is CCC(CC)c1nnc(NC(=O)CCn2nc(-c3cccs3)oc2=O)s1. The quantitative estimate of drug-likeness (QED) is 0.629. The van der Waals surface area contributed by atoms with Gasteiger partial charge in [0.05, 0.1) is 11.4 Å². The van der Waals surface area contributed by atoms with Crippen LogP contribution >= 0.6 is 22.7 Å². The van der Waals surface area contributed by atoms with E-state index in [2.05, 4.69) is 34.5 Å². The highest BCUT2D eigenvalue weighted by Crippen LogP contribution is 2.28. The molecule has 1 N–H and O–H groups in total. The van der Waals surface area contributed by atoms with Crippen molar-refractivity contribution in [2.24, 2.45) is 0 Å². The monoisotopic (exact) mass is 393 g/mol. The van der Waals surface area contributed by atoms with Gasteiger partial charge in [-0.3, -0.25) is 4.79 Å². The predicted molar refractivity (Wildman–Crippen MR) is 101 cm³/mol. The molecule has 10 heteroatoms. The third kappa shape index (κ3) is 4.25. The second-order valence-electron chi connectivity index (χ2n) is 5.63. The zero-order valence-corrected chi connectivity index (χ0v) is 16.1. The fourth-order valence-electron chi connectivity index (χ4n) is 2.42. The van der Waals surface area contributed by atoms with Gasteiger partial charge in [-0.05, 0) is 24.3 Å². The summed E-state index contributed by atoms with van der Waals surface area (Å²) in [7, 11) is 0. The molecular weight excluding hydrogens is 374 g/mol. The third-order valence-electron chi connectivity index (χ3n) is 3.91. The second-order valence-corrected chi connectivity index (χ2v) is 7.59. The summed E-state index contributed by atoms with van der Waals surface area (Å²) in [5.74, 6) is -0.190. The average molecular weight is 393 g/mol. The first-order valence-corrected chi connectivity index (χ1v) is 10.0. The van der Waals surface area contributed by atoms with E-state index >= 15 is 0 Å². The van der Waals surface area contributed by atoms with Crippen LogP contribution < -0.4 is 11.1 Å². The van der Waals surface area contributed by atoms with E-state index in [-0.39, 0.29) is 24.8 Å². The number of hydrogen-bond acceptors (Lipinski definition) is 8. The highest BCUT2D eigenvalue weighted by molar-refractivity contribution is 7.15. The van der Waals surface area contributed by atoms with E-state index in [1.165, 1.54) is 22.7 Å². The van der Waals surface area contributed by atoms with E-state index < -0.39 is 5.76 Å². The second kappa shape index (κ2) is 8.37. The molecule has 0 atom stereocenters. The summed E-state index contributed by atoms with van der Waals surface area (Å²) in [4.78, 5) is 24.7. The largest absolute Gasteiger partial charge is 0.437 e. The molecule has 3 heterocycles. The van der Waals surface area contributed by atoms with Crippen molar-refractivity contribution in [1.29, 1.82) is 0 Å². The van der Waals surface area contributed by atoms with Crippen molar-refractivity contribution in [3.05, 3.63) is 33.1 Å². The standard InChI is InChI=1S/C16H19N5O3S2/c1-3-10(4-2)14-18-19-15(26-14)17-12(22)7-8-21-16(23)24-13(20-21)11-6-5-9-25-11/h5-6,9-10H,3-4,7-8H2,1-2H3,(H,17,19,22). The minimum absolute atomic E-state index is 0.0935. The number of amides is 1. The minimum atomic E-state index is -0.576. The Morgan fingerprint density at radius 2 is 2.15 bits per heavy atom. The first kappa shape index (κ1) is 18.5. The number of carbonyl (C=O) groups is 1. The van der Waals surface area contributed by atoms with Crippen molar-refractivity contribution in [2.45, 2.75) is 45.6 Å². The van der Waals surface area contributed by atoms with Gasteiger partial charge in [-0.1, -0.05) is 31.3 Å². The summed E-state index contributed by atoms with van der Waals surface area (Å²) in [6.45, 7) is 4.35. The van der Waals surface area contributed by atoms with Crippen LogP contribution in [0, 0.1) is 0 Å². The lowest BCUT2D eigenvalue weighted by Gasteiger charge is -2.05. The molecule has 26 heavy (non-hydrogen) atoms. The highest BCUT2D eigenvalue weighted by Gasteiger charge is 2.16. The number of carbonyl (C=O) groups excluding carboxylic acids is 1. The lowest BCUT2D eigenvalue weighted by atomic mass is 10.1. The van der Waals surface area contributed by atoms with Gasteiger partial charge in [-0.2, -0.15) is 4.68 Å². The van der Waals surface area contributed by atoms with Crippen molar-refractivity contribution in [3.63, 3.8) is 0 Å². The van der Waals surface area contributed by atoms with Gasteiger partial charge < -0.3 is 9.73 Å². The van der Waals surface area contributed by atoms with E-state index in [1.54, 1.807) is 0 Å². The molecule has 0 aliphatic rings. The van der Waals surface area contributed by atoms with Gasteiger partial charge in [-0.15, -0.1) is 26.6 Å². The number of thiophene rings is 1. The first-order valence-electron chi connectivity index (χ1n) is 8.35. The maximum absolute atomic E-state index is 12.1. The van der Waals surface area contributed by atoms with Crippen molar-refractivity contribution >= 4 is 33.7 Å². The van der Waals surface area contributed by atoms with Crippen LogP contribution in [0.15, 0.2) is 26.7 Å². The van der Waals surface area contributed by atoms with Gasteiger partial charge in [0, 0.05) is 12.3 Å². The van der Waals surface area contributed by atoms with Crippen LogP contribution in [0.25, 0.3) is 10.8 Å². The highest BCUT2D eigenvalue weighted by atomic mass is 32.1. The molecule has 0 saturated heterocycles. The number of rotatable bonds is 8. The van der Waals surface area contributed by atoms with Crippen LogP contribution in [0.1, 0.15) is 44.0 Å². The maximum Gasteiger partial charge on any atom is 0.437 e. The summed E-state index contributed by atoms with van der Waals surface area (Å²) >= 11 is 2.82. The first-order chi connectivity index (χ1) is 12.6. The van der Waals surface area contributed by atoms with Crippen LogP contribution in [0.2, 0.25) is 0 Å². The van der Waals surface area contributed by atoms with Crippen LogP contribution in [-0.2, 0) is 11.3 Å². The normalized spacial score (nSPS) is 11.2. The summed E-state index contributed by atoms with van der Waals surface area (Å²) in [6, 6.07) is 3.67. The van der Waals surface area contributed by atoms with Gasteiger partial charge in [0.1, 0.15) is 5.01 Å². The zero-order chi connectivity index (χ0) is 18.5. The minimum Gasteiger partial charge on any atom is -0.387 e. The Hall–Kier alpha value is -2.33. The molecule has 0 spiro atoms. The van der Waals surface area contributed by atoms with Crippen LogP contribution in [0.3, 0.4) is 0 Å². The molecule has 0 radical (unpaired) electrons. The molecule has 0 saturated carbocycles. The van der Waals surface area contributed by atoms with Gasteiger partial charge in [0.2, 0.25) is 11.0 Å². The van der Waals surface area contributed by atoms with Gasteiger partial charge in [0.25, 0.3) is 5.89 Å². The summed E-state index contributed by atoms with van der Waals surface area (Å²) in [5, 5.41) is 18.3. The Bertz CT molecular complexity index is 909. The van der Waals surface area contributed by atoms with E-state index in [0.717, 1.165) is 27.4 Å². The average Bonchev–Trinajstić information content (AvgIpc) is 3.36. The fourth-order valence-corrected chi connectivity index (χ4v) is 4.10. The Labute approximate surface area is 157 Å². The Morgan fingerprint density at radius 3 is 2.85 bits per heavy atom. The molecule has 3 rings (SSSR count). The molecule has 0 aliphatic carbocycles. The summed E-state index contributed by atoms with van der Waals surface area (Å²) in [5.41, 5.74) is 0. The van der Waals surface area contributed by atoms with Crippen LogP contribution in [0.4, 0.5) is 5.13 Å². The molecule has 0 unspecified atom stereocenters. The van der Waals surface area contributed by atoms with Gasteiger partial charge >= 0.3 is 5.76 Å². The van der Waals surface area contributed by atoms with E-state index in [9.17, 15) is 9.59 Å². The number of aryl methyl sites for hydroxylation is 1. The van der Waals surface area contributed by atoms with Gasteiger partial charge in [0.15, 0.2) is 0 Å². The summed E-state index contributed by atoms with van der Waals surface area (Å²) < 4.78 is 6.28. The van der Waals surface area contributed by atoms with Crippen molar-refractivity contribution in [1.82, 2.24) is 20.0 Å². The smallest absolute Gasteiger partial charge is 0.387 e. The molecule has 1 amide bonds. The lowest BCUT2D eigenvalue weighted by molar-refractivity contribution is -0.116. The number of aromatic nitrogens is 4. The molecular formula is C16H19N5O3S2. The fraction of sp³-hybridized carbons (Fsp3) is 0.438. The Balaban J connectivity index is 1.57. The molecule has 0 aromatic carbocycles. The van der Waals surface area contributed by atoms with Gasteiger partial charge in [-0.25, -0.2) is 4.79 Å². The summed E-state index contributed by atoms with van der Waals surface area (Å²) in [6.07, 6.45) is 2.07. The maximum atomic E-state index is 12.1. The number of anilines is 1. The van der Waals surface area contributed by atoms with E-state index in [1.807, 2.05) is 17.5 Å². The van der Waals surface area contributed by atoms with Crippen LogP contribution in [-0.4, -0.2) is 25.9 Å². The van der Waals surface area contributed by atoms with Crippen molar-refractivity contribution < 1.29 is 9.21 Å². The topological polar surface area (TPSA) is 103 Å². The van der Waals surface area contributed by atoms with E-state index in [0.29, 0.717) is 11.0 Å². The molecule has 138 valence electrons. The molecule has 0 fully saturated rings. The van der Waals surface area contributed by atoms with Crippen LogP contribution in [0.5, 0.6) is 0 Å². The third-order valence-corrected chi connectivity index (χ3v) is 5.77. The van der Waals surface area contributed by atoms with Crippen molar-refractivity contribution in [3.8, 4) is 10.8 Å². The lowest BCUT2D eigenvalue weighted by Crippen LogP contribution is -2.20. The molecule has 0 bridgehead atoms. The zero-order valence-electron chi connectivity index (χ0n) is 14.5. The molecule has 8 nitrogen and oxygen atoms in total. The molecule has 0 aliphatic heterocycles. The Kier molecular flexibility index (Phi) is 5.94. The number of hydrogen-bond donors (Lipinski definition) is 1. The number of nitrogens with zero attached hydrogens (tertiary/aromatic N) is 4. The molecule has 3 aromatic heterocycles.